The number of rotatable bonds is 3. The molecule has 0 aliphatic rings. The Hall–Kier alpha value is -2.13. The van der Waals surface area contributed by atoms with Crippen molar-refractivity contribution in [2.75, 3.05) is 0 Å². The zero-order chi connectivity index (χ0) is 13.2. The van der Waals surface area contributed by atoms with Crippen molar-refractivity contribution in [2.24, 2.45) is 5.73 Å². The second-order valence-electron chi connectivity index (χ2n) is 4.86. The van der Waals surface area contributed by atoms with Crippen LogP contribution in [0.2, 0.25) is 0 Å². The van der Waals surface area contributed by atoms with Crippen LogP contribution in [-0.2, 0) is 0 Å². The fourth-order valence-corrected chi connectivity index (χ4v) is 2.53. The van der Waals surface area contributed by atoms with Crippen LogP contribution in [-0.4, -0.2) is 15.8 Å². The summed E-state index contributed by atoms with van der Waals surface area (Å²) in [5, 5.41) is 5.67. The first-order valence-corrected chi connectivity index (χ1v) is 6.50. The Morgan fingerprint density at radius 3 is 2.42 bits per heavy atom. The van der Waals surface area contributed by atoms with E-state index in [0.717, 1.165) is 10.9 Å². The largest absolute Gasteiger partial charge is 0.326 e. The first-order valence-electron chi connectivity index (χ1n) is 6.50. The van der Waals surface area contributed by atoms with E-state index in [9.17, 15) is 0 Å². The molecule has 96 valence electrons. The summed E-state index contributed by atoms with van der Waals surface area (Å²) in [4.78, 5) is 0. The van der Waals surface area contributed by atoms with Gasteiger partial charge in [-0.15, -0.1) is 0 Å². The Bertz CT molecular complexity index is 671. The van der Waals surface area contributed by atoms with Crippen molar-refractivity contribution in [2.45, 2.75) is 19.0 Å². The van der Waals surface area contributed by atoms with Crippen molar-refractivity contribution in [1.82, 2.24) is 9.78 Å². The third kappa shape index (κ3) is 2.13. The van der Waals surface area contributed by atoms with Gasteiger partial charge in [-0.05, 0) is 18.6 Å². The molecule has 3 rings (SSSR count). The van der Waals surface area contributed by atoms with Gasteiger partial charge in [-0.3, -0.25) is 4.68 Å². The summed E-state index contributed by atoms with van der Waals surface area (Å²) in [5.41, 5.74) is 8.50. The number of aromatic nitrogens is 2. The SMILES string of the molecule is CC(N)C(c1ccccc1)n1ncc2ccccc21. The van der Waals surface area contributed by atoms with Gasteiger partial charge in [0, 0.05) is 11.4 Å². The molecule has 2 atom stereocenters. The van der Waals surface area contributed by atoms with E-state index in [1.165, 1.54) is 5.56 Å². The van der Waals surface area contributed by atoms with Crippen LogP contribution in [0.15, 0.2) is 60.8 Å². The van der Waals surface area contributed by atoms with E-state index in [0.29, 0.717) is 0 Å². The Morgan fingerprint density at radius 2 is 1.68 bits per heavy atom. The highest BCUT2D eigenvalue weighted by Crippen LogP contribution is 2.25. The molecule has 2 unspecified atom stereocenters. The van der Waals surface area contributed by atoms with Gasteiger partial charge in [-0.25, -0.2) is 0 Å². The molecule has 3 heteroatoms. The molecule has 0 saturated heterocycles. The van der Waals surface area contributed by atoms with E-state index < -0.39 is 0 Å². The van der Waals surface area contributed by atoms with E-state index >= 15 is 0 Å². The second-order valence-corrected chi connectivity index (χ2v) is 4.86. The van der Waals surface area contributed by atoms with Crippen molar-refractivity contribution in [1.29, 1.82) is 0 Å². The summed E-state index contributed by atoms with van der Waals surface area (Å²) >= 11 is 0. The van der Waals surface area contributed by atoms with Crippen molar-refractivity contribution in [3.05, 3.63) is 66.4 Å². The first-order chi connectivity index (χ1) is 9.27. The normalized spacial score (nSPS) is 14.4. The van der Waals surface area contributed by atoms with Crippen LogP contribution in [0.4, 0.5) is 0 Å². The summed E-state index contributed by atoms with van der Waals surface area (Å²) in [6.07, 6.45) is 1.90. The molecule has 0 saturated carbocycles. The molecule has 2 aromatic carbocycles. The van der Waals surface area contributed by atoms with Crippen LogP contribution >= 0.6 is 0 Å². The third-order valence-corrected chi connectivity index (χ3v) is 3.41. The molecule has 0 bridgehead atoms. The summed E-state index contributed by atoms with van der Waals surface area (Å²) in [5.74, 6) is 0. The molecule has 0 spiro atoms. The fourth-order valence-electron chi connectivity index (χ4n) is 2.53. The number of hydrogen-bond donors (Lipinski definition) is 1. The first kappa shape index (κ1) is 11.9. The molecule has 3 aromatic rings. The summed E-state index contributed by atoms with van der Waals surface area (Å²) in [6.45, 7) is 2.02. The average molecular weight is 251 g/mol. The Labute approximate surface area is 112 Å². The minimum Gasteiger partial charge on any atom is -0.326 e. The average Bonchev–Trinajstić information content (AvgIpc) is 2.84. The number of fused-ring (bicyclic) bond motifs is 1. The molecule has 0 aliphatic carbocycles. The highest BCUT2D eigenvalue weighted by molar-refractivity contribution is 5.78. The minimum atomic E-state index is -0.00861. The van der Waals surface area contributed by atoms with Crippen LogP contribution in [0, 0.1) is 0 Å². The van der Waals surface area contributed by atoms with Crippen molar-refractivity contribution in [3.63, 3.8) is 0 Å². The van der Waals surface area contributed by atoms with Gasteiger partial charge < -0.3 is 5.73 Å². The standard InChI is InChI=1S/C16H17N3/c1-12(17)16(13-7-3-2-4-8-13)19-15-10-6-5-9-14(15)11-18-19/h2-12,16H,17H2,1H3. The topological polar surface area (TPSA) is 43.8 Å². The lowest BCUT2D eigenvalue weighted by atomic mass is 10.0. The number of nitrogens with two attached hydrogens (primary N) is 1. The van der Waals surface area contributed by atoms with Crippen molar-refractivity contribution in [3.8, 4) is 0 Å². The van der Waals surface area contributed by atoms with Gasteiger partial charge in [0.1, 0.15) is 0 Å². The van der Waals surface area contributed by atoms with Gasteiger partial charge >= 0.3 is 0 Å². The van der Waals surface area contributed by atoms with Gasteiger partial charge in [-0.2, -0.15) is 5.10 Å². The van der Waals surface area contributed by atoms with Gasteiger partial charge in [0.25, 0.3) is 0 Å². The molecule has 0 radical (unpaired) electrons. The number of hydrogen-bond acceptors (Lipinski definition) is 2. The third-order valence-electron chi connectivity index (χ3n) is 3.41. The zero-order valence-electron chi connectivity index (χ0n) is 10.9. The lowest BCUT2D eigenvalue weighted by molar-refractivity contribution is 0.466. The predicted octanol–water partition coefficient (Wildman–Crippen LogP) is 2.97. The fraction of sp³-hybridized carbons (Fsp3) is 0.188. The molecular formula is C16H17N3. The lowest BCUT2D eigenvalue weighted by Crippen LogP contribution is -2.30. The van der Waals surface area contributed by atoms with E-state index in [1.54, 1.807) is 0 Å². The molecule has 0 fully saturated rings. The molecule has 2 N–H and O–H groups in total. The minimum absolute atomic E-state index is 0.00861. The van der Waals surface area contributed by atoms with Crippen molar-refractivity contribution >= 4 is 10.9 Å². The van der Waals surface area contributed by atoms with Crippen LogP contribution < -0.4 is 5.73 Å². The van der Waals surface area contributed by atoms with Gasteiger partial charge in [-0.1, -0.05) is 48.5 Å². The predicted molar refractivity (Wildman–Crippen MR) is 78.0 cm³/mol. The van der Waals surface area contributed by atoms with E-state index in [1.807, 2.05) is 48.1 Å². The Morgan fingerprint density at radius 1 is 1.00 bits per heavy atom. The number of para-hydroxylation sites is 1. The molecule has 0 amide bonds. The van der Waals surface area contributed by atoms with Crippen LogP contribution in [0.5, 0.6) is 0 Å². The maximum absolute atomic E-state index is 6.19. The quantitative estimate of drug-likeness (QED) is 0.777. The summed E-state index contributed by atoms with van der Waals surface area (Å²) < 4.78 is 2.02. The zero-order valence-corrected chi connectivity index (χ0v) is 10.9. The van der Waals surface area contributed by atoms with Crippen LogP contribution in [0.1, 0.15) is 18.5 Å². The molecule has 19 heavy (non-hydrogen) atoms. The summed E-state index contributed by atoms with van der Waals surface area (Å²) in [6, 6.07) is 18.6. The molecule has 1 aromatic heterocycles. The lowest BCUT2D eigenvalue weighted by Gasteiger charge is -2.22. The van der Waals surface area contributed by atoms with Gasteiger partial charge in [0.15, 0.2) is 0 Å². The van der Waals surface area contributed by atoms with E-state index in [-0.39, 0.29) is 12.1 Å². The number of nitrogens with zero attached hydrogens (tertiary/aromatic N) is 2. The molecular weight excluding hydrogens is 234 g/mol. The maximum atomic E-state index is 6.19. The molecule has 3 nitrogen and oxygen atoms in total. The van der Waals surface area contributed by atoms with Crippen LogP contribution in [0.3, 0.4) is 0 Å². The monoisotopic (exact) mass is 251 g/mol. The van der Waals surface area contributed by atoms with Gasteiger partial charge in [0.05, 0.1) is 17.8 Å². The van der Waals surface area contributed by atoms with E-state index in [4.69, 9.17) is 5.73 Å². The molecule has 0 aliphatic heterocycles. The summed E-state index contributed by atoms with van der Waals surface area (Å²) in [7, 11) is 0. The van der Waals surface area contributed by atoms with Crippen molar-refractivity contribution < 1.29 is 0 Å². The maximum Gasteiger partial charge on any atom is 0.0923 e. The molecule has 1 heterocycles. The highest BCUT2D eigenvalue weighted by atomic mass is 15.3. The van der Waals surface area contributed by atoms with E-state index in [2.05, 4.69) is 29.4 Å². The Balaban J connectivity index is 2.16. The van der Waals surface area contributed by atoms with Crippen LogP contribution in [0.25, 0.3) is 10.9 Å². The Kier molecular flexibility index (Phi) is 3.05. The number of benzene rings is 2. The smallest absolute Gasteiger partial charge is 0.0923 e. The second kappa shape index (κ2) is 4.86. The van der Waals surface area contributed by atoms with Gasteiger partial charge in [0.2, 0.25) is 0 Å². The highest BCUT2D eigenvalue weighted by Gasteiger charge is 2.20.